The Labute approximate surface area is 94.9 Å². The summed E-state index contributed by atoms with van der Waals surface area (Å²) in [6, 6.07) is 1.92. The molecule has 1 aromatic heterocycles. The van der Waals surface area contributed by atoms with Crippen LogP contribution < -0.4 is 0 Å². The van der Waals surface area contributed by atoms with Crippen LogP contribution in [0.25, 0.3) is 0 Å². The number of hydrogen-bond donors (Lipinski definition) is 1. The van der Waals surface area contributed by atoms with Gasteiger partial charge < -0.3 is 9.72 Å². The summed E-state index contributed by atoms with van der Waals surface area (Å²) in [5, 5.41) is 0. The molecule has 2 heterocycles. The van der Waals surface area contributed by atoms with E-state index in [0.717, 1.165) is 37.4 Å². The van der Waals surface area contributed by atoms with Crippen molar-refractivity contribution in [2.75, 3.05) is 6.61 Å². The third-order valence-electron chi connectivity index (χ3n) is 2.67. The highest BCUT2D eigenvalue weighted by Crippen LogP contribution is 2.15. The van der Waals surface area contributed by atoms with Crippen LogP contribution in [0, 0.1) is 4.64 Å². The fourth-order valence-corrected chi connectivity index (χ4v) is 2.12. The number of ether oxygens (including phenoxy) is 1. The van der Waals surface area contributed by atoms with Gasteiger partial charge in [-0.3, -0.25) is 0 Å². The van der Waals surface area contributed by atoms with Crippen LogP contribution in [-0.2, 0) is 17.6 Å². The number of aromatic nitrogens is 2. The SMILES string of the molecule is CCc1cc(=S)nc(CC2CCCO2)[nH]1. The summed E-state index contributed by atoms with van der Waals surface area (Å²) in [5.74, 6) is 0.964. The minimum absolute atomic E-state index is 0.329. The van der Waals surface area contributed by atoms with Crippen LogP contribution in [0.2, 0.25) is 0 Å². The van der Waals surface area contributed by atoms with Crippen LogP contribution >= 0.6 is 12.2 Å². The molecule has 4 heteroatoms. The second-order valence-electron chi connectivity index (χ2n) is 3.88. The van der Waals surface area contributed by atoms with Crippen molar-refractivity contribution in [1.29, 1.82) is 0 Å². The van der Waals surface area contributed by atoms with E-state index in [1.165, 1.54) is 6.42 Å². The summed E-state index contributed by atoms with van der Waals surface area (Å²) in [6.07, 6.45) is 4.45. The number of aromatic amines is 1. The van der Waals surface area contributed by atoms with E-state index in [2.05, 4.69) is 16.9 Å². The zero-order valence-electron chi connectivity index (χ0n) is 8.95. The minimum Gasteiger partial charge on any atom is -0.378 e. The molecule has 0 aromatic carbocycles. The van der Waals surface area contributed by atoms with Gasteiger partial charge in [-0.25, -0.2) is 4.98 Å². The molecule has 0 bridgehead atoms. The Morgan fingerprint density at radius 3 is 3.20 bits per heavy atom. The molecule has 1 aliphatic heterocycles. The Hall–Kier alpha value is -0.740. The standard InChI is InChI=1S/C11H16N2OS/c1-2-8-6-11(15)13-10(12-8)7-9-4-3-5-14-9/h6,9H,2-5,7H2,1H3,(H,12,13,15). The number of aryl methyl sites for hydroxylation is 1. The normalized spacial score (nSPS) is 20.7. The van der Waals surface area contributed by atoms with E-state index in [-0.39, 0.29) is 0 Å². The first-order valence-electron chi connectivity index (χ1n) is 5.48. The third kappa shape index (κ3) is 2.86. The molecule has 0 amide bonds. The van der Waals surface area contributed by atoms with Crippen LogP contribution in [0.4, 0.5) is 0 Å². The Morgan fingerprint density at radius 2 is 2.53 bits per heavy atom. The van der Waals surface area contributed by atoms with Crippen molar-refractivity contribution in [2.45, 2.75) is 38.7 Å². The van der Waals surface area contributed by atoms with Crippen molar-refractivity contribution in [2.24, 2.45) is 0 Å². The van der Waals surface area contributed by atoms with Gasteiger partial charge in [0.15, 0.2) is 0 Å². The lowest BCUT2D eigenvalue weighted by Gasteiger charge is -2.09. The average molecular weight is 224 g/mol. The van der Waals surface area contributed by atoms with Gasteiger partial charge in [-0.1, -0.05) is 19.1 Å². The quantitative estimate of drug-likeness (QED) is 0.801. The lowest BCUT2D eigenvalue weighted by molar-refractivity contribution is 0.110. The van der Waals surface area contributed by atoms with E-state index in [9.17, 15) is 0 Å². The number of hydrogen-bond acceptors (Lipinski definition) is 3. The minimum atomic E-state index is 0.329. The second-order valence-corrected chi connectivity index (χ2v) is 4.30. The Kier molecular flexibility index (Phi) is 3.49. The number of nitrogens with one attached hydrogen (secondary N) is 1. The van der Waals surface area contributed by atoms with E-state index in [4.69, 9.17) is 17.0 Å². The summed E-state index contributed by atoms with van der Waals surface area (Å²) in [6.45, 7) is 3.00. The molecule has 1 aromatic rings. The Balaban J connectivity index is 2.12. The molecule has 1 atom stereocenters. The lowest BCUT2D eigenvalue weighted by Crippen LogP contribution is -2.12. The van der Waals surface area contributed by atoms with Gasteiger partial charge in [0.2, 0.25) is 0 Å². The molecule has 1 fully saturated rings. The van der Waals surface area contributed by atoms with Crippen molar-refractivity contribution < 1.29 is 4.74 Å². The summed E-state index contributed by atoms with van der Waals surface area (Å²) >= 11 is 5.12. The Bertz CT molecular complexity index is 382. The highest BCUT2D eigenvalue weighted by molar-refractivity contribution is 7.71. The van der Waals surface area contributed by atoms with E-state index in [1.54, 1.807) is 0 Å². The third-order valence-corrected chi connectivity index (χ3v) is 2.88. The van der Waals surface area contributed by atoms with E-state index in [1.807, 2.05) is 6.07 Å². The predicted molar refractivity (Wildman–Crippen MR) is 61.5 cm³/mol. The van der Waals surface area contributed by atoms with Crippen LogP contribution in [0.1, 0.15) is 31.3 Å². The first-order valence-corrected chi connectivity index (χ1v) is 5.89. The maximum Gasteiger partial charge on any atom is 0.129 e. The number of H-pyrrole nitrogens is 1. The van der Waals surface area contributed by atoms with Gasteiger partial charge in [-0.05, 0) is 25.3 Å². The topological polar surface area (TPSA) is 37.9 Å². The first-order chi connectivity index (χ1) is 7.28. The van der Waals surface area contributed by atoms with Crippen LogP contribution in [0.3, 0.4) is 0 Å². The monoisotopic (exact) mass is 224 g/mol. The Morgan fingerprint density at radius 1 is 1.67 bits per heavy atom. The fraction of sp³-hybridized carbons (Fsp3) is 0.636. The maximum absolute atomic E-state index is 5.58. The van der Waals surface area contributed by atoms with Gasteiger partial charge in [0.25, 0.3) is 0 Å². The van der Waals surface area contributed by atoms with Crippen molar-refractivity contribution in [3.63, 3.8) is 0 Å². The highest BCUT2D eigenvalue weighted by Gasteiger charge is 2.16. The van der Waals surface area contributed by atoms with Crippen molar-refractivity contribution in [1.82, 2.24) is 9.97 Å². The van der Waals surface area contributed by atoms with Gasteiger partial charge in [0, 0.05) is 18.7 Å². The molecule has 3 nitrogen and oxygen atoms in total. The predicted octanol–water partition coefficient (Wildman–Crippen LogP) is 2.42. The molecule has 0 radical (unpaired) electrons. The molecule has 0 spiro atoms. The molecule has 2 rings (SSSR count). The smallest absolute Gasteiger partial charge is 0.129 e. The van der Waals surface area contributed by atoms with Gasteiger partial charge >= 0.3 is 0 Å². The van der Waals surface area contributed by atoms with Gasteiger partial charge in [-0.2, -0.15) is 0 Å². The van der Waals surface area contributed by atoms with Gasteiger partial charge in [-0.15, -0.1) is 0 Å². The molecule has 1 aliphatic rings. The zero-order chi connectivity index (χ0) is 10.7. The average Bonchev–Trinajstić information content (AvgIpc) is 2.69. The van der Waals surface area contributed by atoms with E-state index < -0.39 is 0 Å². The summed E-state index contributed by atoms with van der Waals surface area (Å²) < 4.78 is 6.26. The van der Waals surface area contributed by atoms with Crippen LogP contribution in [-0.4, -0.2) is 22.7 Å². The van der Waals surface area contributed by atoms with E-state index in [0.29, 0.717) is 10.7 Å². The van der Waals surface area contributed by atoms with Crippen molar-refractivity contribution >= 4 is 12.2 Å². The molecule has 82 valence electrons. The summed E-state index contributed by atoms with van der Waals surface area (Å²) in [5.41, 5.74) is 1.16. The molecular weight excluding hydrogens is 208 g/mol. The largest absolute Gasteiger partial charge is 0.378 e. The van der Waals surface area contributed by atoms with Crippen LogP contribution in [0.5, 0.6) is 0 Å². The lowest BCUT2D eigenvalue weighted by atomic mass is 10.2. The molecule has 15 heavy (non-hydrogen) atoms. The molecule has 0 aliphatic carbocycles. The highest BCUT2D eigenvalue weighted by atomic mass is 32.1. The molecule has 0 saturated carbocycles. The zero-order valence-corrected chi connectivity index (χ0v) is 9.77. The van der Waals surface area contributed by atoms with Gasteiger partial charge in [0.05, 0.1) is 6.10 Å². The van der Waals surface area contributed by atoms with Gasteiger partial charge in [0.1, 0.15) is 10.5 Å². The molecular formula is C11H16N2OS. The van der Waals surface area contributed by atoms with Crippen molar-refractivity contribution in [3.8, 4) is 0 Å². The number of rotatable bonds is 3. The molecule has 1 unspecified atom stereocenters. The second kappa shape index (κ2) is 4.86. The van der Waals surface area contributed by atoms with E-state index >= 15 is 0 Å². The number of nitrogens with zero attached hydrogens (tertiary/aromatic N) is 1. The summed E-state index contributed by atoms with van der Waals surface area (Å²) in [4.78, 5) is 7.63. The maximum atomic E-state index is 5.58. The molecule has 1 saturated heterocycles. The van der Waals surface area contributed by atoms with Crippen LogP contribution in [0.15, 0.2) is 6.07 Å². The summed E-state index contributed by atoms with van der Waals surface area (Å²) in [7, 11) is 0. The molecule has 1 N–H and O–H groups in total. The first kappa shape index (κ1) is 10.8. The van der Waals surface area contributed by atoms with Crippen molar-refractivity contribution in [3.05, 3.63) is 22.2 Å². The fourth-order valence-electron chi connectivity index (χ4n) is 1.87.